The first-order chi connectivity index (χ1) is 13.6. The number of nitrogens with one attached hydrogen (secondary N) is 1. The van der Waals surface area contributed by atoms with Gasteiger partial charge in [-0.25, -0.2) is 0 Å². The van der Waals surface area contributed by atoms with Crippen molar-refractivity contribution in [2.45, 2.75) is 64.1 Å². The Morgan fingerprint density at radius 3 is 2.32 bits per heavy atom. The molecule has 1 N–H and O–H groups in total. The summed E-state index contributed by atoms with van der Waals surface area (Å²) in [4.78, 5) is 0. The molecule has 3 heteroatoms. The van der Waals surface area contributed by atoms with E-state index in [0.717, 1.165) is 34.5 Å². The number of ether oxygens (including phenoxy) is 1. The molecule has 0 saturated heterocycles. The Bertz CT molecular complexity index is 826. The molecule has 4 bridgehead atoms. The maximum Gasteiger partial charge on any atom is 0.124 e. The van der Waals surface area contributed by atoms with E-state index in [9.17, 15) is 0 Å². The number of hydrogen-bond donors (Lipinski definition) is 1. The maximum atomic E-state index is 6.27. The van der Waals surface area contributed by atoms with Gasteiger partial charge in [0.1, 0.15) is 12.4 Å². The van der Waals surface area contributed by atoms with Gasteiger partial charge in [-0.1, -0.05) is 40.2 Å². The average molecular weight is 440 g/mol. The van der Waals surface area contributed by atoms with E-state index in [1.807, 2.05) is 0 Å². The minimum Gasteiger partial charge on any atom is -0.489 e. The molecule has 0 unspecified atom stereocenters. The zero-order valence-electron chi connectivity index (χ0n) is 16.7. The molecule has 4 aliphatic carbocycles. The topological polar surface area (TPSA) is 21.3 Å². The van der Waals surface area contributed by atoms with Crippen molar-refractivity contribution in [3.8, 4) is 5.75 Å². The molecular weight excluding hydrogens is 410 g/mol. The lowest BCUT2D eigenvalue weighted by Gasteiger charge is -2.57. The van der Waals surface area contributed by atoms with E-state index < -0.39 is 0 Å². The Labute approximate surface area is 177 Å². The standard InChI is InChI=1S/C25H30BrNO/c1-17-4-2-3-5-21(17)16-28-24-7-6-23(26)11-22(24)15-27-25-12-18-8-19(13-25)10-20(9-18)14-25/h2-7,11,18-20,27H,8-10,12-16H2,1H3. The fraction of sp³-hybridized carbons (Fsp3) is 0.520. The quantitative estimate of drug-likeness (QED) is 0.562. The van der Waals surface area contributed by atoms with Crippen LogP contribution in [0.2, 0.25) is 0 Å². The van der Waals surface area contributed by atoms with Crippen LogP contribution in [0, 0.1) is 24.7 Å². The van der Waals surface area contributed by atoms with Crippen LogP contribution in [0.3, 0.4) is 0 Å². The molecule has 0 aromatic heterocycles. The molecule has 0 atom stereocenters. The molecule has 2 aromatic carbocycles. The summed E-state index contributed by atoms with van der Waals surface area (Å²) < 4.78 is 7.39. The van der Waals surface area contributed by atoms with Crippen LogP contribution in [-0.2, 0) is 13.2 Å². The molecule has 4 fully saturated rings. The Morgan fingerprint density at radius 2 is 1.64 bits per heavy atom. The second kappa shape index (κ2) is 7.50. The third-order valence-corrected chi connectivity index (χ3v) is 7.85. The zero-order valence-corrected chi connectivity index (χ0v) is 18.3. The van der Waals surface area contributed by atoms with E-state index in [0.29, 0.717) is 12.1 Å². The van der Waals surface area contributed by atoms with Gasteiger partial charge < -0.3 is 10.1 Å². The number of hydrogen-bond acceptors (Lipinski definition) is 2. The fourth-order valence-corrected chi connectivity index (χ4v) is 6.77. The third-order valence-electron chi connectivity index (χ3n) is 7.36. The van der Waals surface area contributed by atoms with Crippen LogP contribution in [0.1, 0.15) is 55.2 Å². The van der Waals surface area contributed by atoms with Crippen molar-refractivity contribution in [2.75, 3.05) is 0 Å². The van der Waals surface area contributed by atoms with Crippen LogP contribution in [0.4, 0.5) is 0 Å². The van der Waals surface area contributed by atoms with Crippen molar-refractivity contribution in [3.05, 3.63) is 63.6 Å². The van der Waals surface area contributed by atoms with Crippen molar-refractivity contribution in [1.29, 1.82) is 0 Å². The second-order valence-electron chi connectivity index (χ2n) is 9.52. The molecular formula is C25H30BrNO. The summed E-state index contributed by atoms with van der Waals surface area (Å²) in [6.45, 7) is 3.67. The molecule has 4 aliphatic rings. The summed E-state index contributed by atoms with van der Waals surface area (Å²) in [5.74, 6) is 3.91. The van der Waals surface area contributed by atoms with Crippen LogP contribution in [-0.4, -0.2) is 5.54 Å². The Balaban J connectivity index is 1.30. The highest BCUT2D eigenvalue weighted by molar-refractivity contribution is 9.10. The minimum absolute atomic E-state index is 0.379. The lowest BCUT2D eigenvalue weighted by molar-refractivity contribution is -0.0206. The van der Waals surface area contributed by atoms with Gasteiger partial charge in [-0.2, -0.15) is 0 Å². The van der Waals surface area contributed by atoms with Gasteiger partial charge >= 0.3 is 0 Å². The monoisotopic (exact) mass is 439 g/mol. The van der Waals surface area contributed by atoms with Crippen molar-refractivity contribution < 1.29 is 4.74 Å². The van der Waals surface area contributed by atoms with E-state index in [1.165, 1.54) is 55.2 Å². The summed E-state index contributed by atoms with van der Waals surface area (Å²) in [6.07, 6.45) is 8.61. The molecule has 0 radical (unpaired) electrons. The second-order valence-corrected chi connectivity index (χ2v) is 10.4. The number of halogens is 1. The summed E-state index contributed by atoms with van der Waals surface area (Å²) >= 11 is 3.65. The van der Waals surface area contributed by atoms with Crippen molar-refractivity contribution in [1.82, 2.24) is 5.32 Å². The van der Waals surface area contributed by atoms with Gasteiger partial charge in [0.25, 0.3) is 0 Å². The fourth-order valence-electron chi connectivity index (χ4n) is 6.36. The molecule has 0 heterocycles. The highest BCUT2D eigenvalue weighted by atomic mass is 79.9. The lowest BCUT2D eigenvalue weighted by Crippen LogP contribution is -2.58. The maximum absolute atomic E-state index is 6.27. The van der Waals surface area contributed by atoms with Crippen LogP contribution in [0.5, 0.6) is 5.75 Å². The average Bonchev–Trinajstić information content (AvgIpc) is 2.66. The Morgan fingerprint density at radius 1 is 0.964 bits per heavy atom. The van der Waals surface area contributed by atoms with Gasteiger partial charge in [-0.15, -0.1) is 0 Å². The van der Waals surface area contributed by atoms with Crippen molar-refractivity contribution >= 4 is 15.9 Å². The van der Waals surface area contributed by atoms with Gasteiger partial charge in [0, 0.05) is 22.1 Å². The van der Waals surface area contributed by atoms with Gasteiger partial charge in [-0.3, -0.25) is 0 Å². The largest absolute Gasteiger partial charge is 0.489 e. The molecule has 0 amide bonds. The number of aryl methyl sites for hydroxylation is 1. The van der Waals surface area contributed by atoms with Gasteiger partial charge in [0.15, 0.2) is 0 Å². The summed E-state index contributed by atoms with van der Waals surface area (Å²) in [5, 5.41) is 4.02. The number of benzene rings is 2. The zero-order chi connectivity index (χ0) is 19.1. The van der Waals surface area contributed by atoms with E-state index in [1.54, 1.807) is 0 Å². The molecule has 4 saturated carbocycles. The summed E-state index contributed by atoms with van der Waals surface area (Å²) in [6, 6.07) is 14.9. The van der Waals surface area contributed by atoms with E-state index in [2.05, 4.69) is 70.6 Å². The molecule has 0 spiro atoms. The summed E-state index contributed by atoms with van der Waals surface area (Å²) in [5.41, 5.74) is 4.18. The molecule has 6 rings (SSSR count). The number of rotatable bonds is 6. The van der Waals surface area contributed by atoms with E-state index >= 15 is 0 Å². The van der Waals surface area contributed by atoms with Gasteiger partial charge in [0.05, 0.1) is 0 Å². The molecule has 28 heavy (non-hydrogen) atoms. The first-order valence-corrected chi connectivity index (χ1v) is 11.6. The van der Waals surface area contributed by atoms with Crippen LogP contribution in [0.25, 0.3) is 0 Å². The van der Waals surface area contributed by atoms with Crippen LogP contribution >= 0.6 is 15.9 Å². The molecule has 2 nitrogen and oxygen atoms in total. The van der Waals surface area contributed by atoms with Crippen molar-refractivity contribution in [2.24, 2.45) is 17.8 Å². The van der Waals surface area contributed by atoms with Crippen molar-refractivity contribution in [3.63, 3.8) is 0 Å². The Hall–Kier alpha value is -1.32. The van der Waals surface area contributed by atoms with Gasteiger partial charge in [-0.05, 0) is 92.5 Å². The van der Waals surface area contributed by atoms with Crippen LogP contribution < -0.4 is 10.1 Å². The highest BCUT2D eigenvalue weighted by Crippen LogP contribution is 2.55. The smallest absolute Gasteiger partial charge is 0.124 e. The molecule has 148 valence electrons. The third kappa shape index (κ3) is 3.76. The predicted octanol–water partition coefficient (Wildman–Crippen LogP) is 6.39. The van der Waals surface area contributed by atoms with E-state index in [4.69, 9.17) is 4.74 Å². The highest BCUT2D eigenvalue weighted by Gasteiger charge is 2.50. The summed E-state index contributed by atoms with van der Waals surface area (Å²) in [7, 11) is 0. The minimum atomic E-state index is 0.379. The first-order valence-electron chi connectivity index (χ1n) is 10.8. The van der Waals surface area contributed by atoms with E-state index in [-0.39, 0.29) is 0 Å². The van der Waals surface area contributed by atoms with Crippen LogP contribution in [0.15, 0.2) is 46.9 Å². The normalized spacial score (nSPS) is 30.6. The molecule has 2 aromatic rings. The SMILES string of the molecule is Cc1ccccc1COc1ccc(Br)cc1CNC12CC3CC(CC(C3)C1)C2. The lowest BCUT2D eigenvalue weighted by atomic mass is 9.53. The molecule has 0 aliphatic heterocycles. The Kier molecular flexibility index (Phi) is 5.00. The van der Waals surface area contributed by atoms with Gasteiger partial charge in [0.2, 0.25) is 0 Å². The first kappa shape index (κ1) is 18.7. The predicted molar refractivity (Wildman–Crippen MR) is 117 cm³/mol.